The second-order valence-corrected chi connectivity index (χ2v) is 7.33. The SMILES string of the molecule is CN1C(=O)C(C)(Cc2cccc([N+](=O)[O-])c2)N(C)C(=O)/C1=C/c1ccccc1C#N. The van der Waals surface area contributed by atoms with Crippen LogP contribution in [0.5, 0.6) is 0 Å². The van der Waals surface area contributed by atoms with Crippen LogP contribution in [0.3, 0.4) is 0 Å². The van der Waals surface area contributed by atoms with Gasteiger partial charge in [0.2, 0.25) is 0 Å². The Morgan fingerprint density at radius 1 is 1.17 bits per heavy atom. The Kier molecular flexibility index (Phi) is 5.39. The van der Waals surface area contributed by atoms with Gasteiger partial charge in [0.15, 0.2) is 0 Å². The average molecular weight is 404 g/mol. The van der Waals surface area contributed by atoms with Gasteiger partial charge in [0.25, 0.3) is 17.5 Å². The molecule has 30 heavy (non-hydrogen) atoms. The number of hydrogen-bond donors (Lipinski definition) is 0. The summed E-state index contributed by atoms with van der Waals surface area (Å²) in [6.07, 6.45) is 1.66. The molecule has 1 atom stereocenters. The van der Waals surface area contributed by atoms with Crippen LogP contribution in [0.4, 0.5) is 5.69 Å². The van der Waals surface area contributed by atoms with E-state index >= 15 is 0 Å². The van der Waals surface area contributed by atoms with Crippen LogP contribution in [0.2, 0.25) is 0 Å². The van der Waals surface area contributed by atoms with Crippen LogP contribution in [0.25, 0.3) is 6.08 Å². The minimum Gasteiger partial charge on any atom is -0.326 e. The third kappa shape index (κ3) is 3.53. The predicted molar refractivity (Wildman–Crippen MR) is 110 cm³/mol. The van der Waals surface area contributed by atoms with Gasteiger partial charge in [-0.2, -0.15) is 5.26 Å². The number of carbonyl (C=O) groups excluding carboxylic acids is 2. The molecule has 0 aromatic heterocycles. The number of nitro groups is 1. The Morgan fingerprint density at radius 2 is 1.87 bits per heavy atom. The van der Waals surface area contributed by atoms with Crippen molar-refractivity contribution >= 4 is 23.6 Å². The summed E-state index contributed by atoms with van der Waals surface area (Å²) in [5.74, 6) is -0.699. The third-order valence-corrected chi connectivity index (χ3v) is 5.43. The Hall–Kier alpha value is -3.99. The Labute approximate surface area is 173 Å². The third-order valence-electron chi connectivity index (χ3n) is 5.43. The number of likely N-dealkylation sites (N-methyl/N-ethyl adjacent to an activating group) is 2. The zero-order chi connectivity index (χ0) is 22.1. The van der Waals surface area contributed by atoms with Crippen LogP contribution >= 0.6 is 0 Å². The first kappa shape index (κ1) is 20.7. The van der Waals surface area contributed by atoms with Crippen LogP contribution in [0, 0.1) is 21.4 Å². The minimum atomic E-state index is -1.22. The first-order chi connectivity index (χ1) is 14.2. The maximum Gasteiger partial charge on any atom is 0.271 e. The molecule has 8 nitrogen and oxygen atoms in total. The normalized spacial score (nSPS) is 20.4. The Morgan fingerprint density at radius 3 is 2.53 bits per heavy atom. The Balaban J connectivity index is 1.99. The molecular weight excluding hydrogens is 384 g/mol. The number of non-ortho nitro benzene ring substituents is 1. The molecular formula is C22H20N4O4. The quantitative estimate of drug-likeness (QED) is 0.442. The van der Waals surface area contributed by atoms with Crippen LogP contribution in [0.1, 0.15) is 23.6 Å². The predicted octanol–water partition coefficient (Wildman–Crippen LogP) is 2.74. The van der Waals surface area contributed by atoms with Crippen molar-refractivity contribution in [2.75, 3.05) is 14.1 Å². The fourth-order valence-electron chi connectivity index (χ4n) is 3.56. The number of carbonyl (C=O) groups is 2. The first-order valence-corrected chi connectivity index (χ1v) is 9.19. The van der Waals surface area contributed by atoms with Crippen molar-refractivity contribution in [3.05, 3.63) is 81.0 Å². The molecule has 1 heterocycles. The molecule has 1 aliphatic heterocycles. The summed E-state index contributed by atoms with van der Waals surface area (Å²) in [4.78, 5) is 39.6. The summed E-state index contributed by atoms with van der Waals surface area (Å²) in [6, 6.07) is 14.9. The fourth-order valence-corrected chi connectivity index (χ4v) is 3.56. The van der Waals surface area contributed by atoms with Crippen LogP contribution in [0.15, 0.2) is 54.2 Å². The smallest absolute Gasteiger partial charge is 0.271 e. The summed E-state index contributed by atoms with van der Waals surface area (Å²) < 4.78 is 0. The number of benzene rings is 2. The van der Waals surface area contributed by atoms with E-state index in [1.165, 1.54) is 42.1 Å². The molecule has 3 rings (SSSR count). The molecule has 0 spiro atoms. The second kappa shape index (κ2) is 7.79. The zero-order valence-corrected chi connectivity index (χ0v) is 16.8. The van der Waals surface area contributed by atoms with Crippen LogP contribution in [-0.2, 0) is 16.0 Å². The van der Waals surface area contributed by atoms with Gasteiger partial charge in [-0.25, -0.2) is 0 Å². The van der Waals surface area contributed by atoms with E-state index in [1.807, 2.05) is 0 Å². The number of nitriles is 1. The molecule has 0 N–H and O–H groups in total. The highest BCUT2D eigenvalue weighted by Crippen LogP contribution is 2.32. The van der Waals surface area contributed by atoms with Gasteiger partial charge in [-0.15, -0.1) is 0 Å². The molecule has 0 radical (unpaired) electrons. The summed E-state index contributed by atoms with van der Waals surface area (Å²) in [5.41, 5.74) is 0.380. The van der Waals surface area contributed by atoms with Crippen molar-refractivity contribution in [2.24, 2.45) is 0 Å². The molecule has 1 saturated heterocycles. The summed E-state index contributed by atoms with van der Waals surface area (Å²) in [6.45, 7) is 1.64. The lowest BCUT2D eigenvalue weighted by Crippen LogP contribution is -2.64. The molecule has 2 aromatic carbocycles. The van der Waals surface area contributed by atoms with Gasteiger partial charge in [0, 0.05) is 32.6 Å². The van der Waals surface area contributed by atoms with Gasteiger partial charge < -0.3 is 9.80 Å². The number of nitro benzene ring substituents is 1. The lowest BCUT2D eigenvalue weighted by Gasteiger charge is -2.45. The van der Waals surface area contributed by atoms with Crippen molar-refractivity contribution in [1.82, 2.24) is 9.80 Å². The minimum absolute atomic E-state index is 0.0737. The van der Waals surface area contributed by atoms with Crippen molar-refractivity contribution in [3.63, 3.8) is 0 Å². The highest BCUT2D eigenvalue weighted by molar-refractivity contribution is 6.08. The number of hydrogen-bond acceptors (Lipinski definition) is 5. The molecule has 2 amide bonds. The average Bonchev–Trinajstić information content (AvgIpc) is 2.74. The van der Waals surface area contributed by atoms with Crippen LogP contribution in [-0.4, -0.2) is 46.2 Å². The van der Waals surface area contributed by atoms with Crippen LogP contribution < -0.4 is 0 Å². The molecule has 152 valence electrons. The molecule has 1 unspecified atom stereocenters. The van der Waals surface area contributed by atoms with E-state index in [0.717, 1.165) is 0 Å². The molecule has 2 aromatic rings. The number of rotatable bonds is 4. The number of amides is 2. The van der Waals surface area contributed by atoms with Crippen molar-refractivity contribution in [2.45, 2.75) is 18.9 Å². The molecule has 1 aliphatic rings. The lowest BCUT2D eigenvalue weighted by atomic mass is 9.86. The summed E-state index contributed by atoms with van der Waals surface area (Å²) in [5, 5.41) is 20.4. The zero-order valence-electron chi connectivity index (χ0n) is 16.8. The van der Waals surface area contributed by atoms with E-state index in [0.29, 0.717) is 16.7 Å². The first-order valence-electron chi connectivity index (χ1n) is 9.19. The largest absolute Gasteiger partial charge is 0.326 e. The lowest BCUT2D eigenvalue weighted by molar-refractivity contribution is -0.384. The van der Waals surface area contributed by atoms with E-state index in [9.17, 15) is 25.0 Å². The fraction of sp³-hybridized carbons (Fsp3) is 0.227. The second-order valence-electron chi connectivity index (χ2n) is 7.33. The molecule has 1 fully saturated rings. The van der Waals surface area contributed by atoms with E-state index < -0.39 is 10.5 Å². The monoisotopic (exact) mass is 404 g/mol. The number of nitrogens with zero attached hydrogens (tertiary/aromatic N) is 4. The molecule has 8 heteroatoms. The molecule has 0 saturated carbocycles. The highest BCUT2D eigenvalue weighted by atomic mass is 16.6. The maximum absolute atomic E-state index is 13.3. The van der Waals surface area contributed by atoms with Gasteiger partial charge in [0.1, 0.15) is 11.2 Å². The van der Waals surface area contributed by atoms with E-state index in [4.69, 9.17) is 0 Å². The van der Waals surface area contributed by atoms with Gasteiger partial charge in [-0.1, -0.05) is 30.3 Å². The van der Waals surface area contributed by atoms with Gasteiger partial charge in [0.05, 0.1) is 16.6 Å². The van der Waals surface area contributed by atoms with E-state index in [2.05, 4.69) is 6.07 Å². The number of piperazine rings is 1. The molecule has 0 aliphatic carbocycles. The van der Waals surface area contributed by atoms with Crippen molar-refractivity contribution in [3.8, 4) is 6.07 Å². The maximum atomic E-state index is 13.3. The summed E-state index contributed by atoms with van der Waals surface area (Å²) in [7, 11) is 3.05. The van der Waals surface area contributed by atoms with Gasteiger partial charge in [-0.3, -0.25) is 19.7 Å². The van der Waals surface area contributed by atoms with Crippen molar-refractivity contribution in [1.29, 1.82) is 5.26 Å². The van der Waals surface area contributed by atoms with Crippen molar-refractivity contribution < 1.29 is 14.5 Å². The standard InChI is InChI=1S/C22H20N4O4/c1-22(13-15-7-6-10-18(11-15)26(29)30)21(28)24(2)19(20(27)25(22)3)12-16-8-4-5-9-17(16)14-23/h4-12H,13H2,1-3H3/b19-12-. The van der Waals surface area contributed by atoms with Gasteiger partial charge in [-0.05, 0) is 30.2 Å². The summed E-state index contributed by atoms with van der Waals surface area (Å²) >= 11 is 0. The molecule has 0 bridgehead atoms. The van der Waals surface area contributed by atoms with E-state index in [1.54, 1.807) is 43.3 Å². The van der Waals surface area contributed by atoms with Gasteiger partial charge >= 0.3 is 0 Å². The Bertz CT molecular complexity index is 1120. The topological polar surface area (TPSA) is 108 Å². The highest BCUT2D eigenvalue weighted by Gasteiger charge is 2.48. The van der Waals surface area contributed by atoms with E-state index in [-0.39, 0.29) is 29.6 Å².